The number of nitrogens with one attached hydrogen (secondary N) is 1. The van der Waals surface area contributed by atoms with Crippen LogP contribution in [0.15, 0.2) is 12.3 Å². The molecule has 2 heterocycles. The quantitative estimate of drug-likeness (QED) is 0.702. The van der Waals surface area contributed by atoms with Gasteiger partial charge in [-0.3, -0.25) is 14.3 Å². The summed E-state index contributed by atoms with van der Waals surface area (Å²) >= 11 is 1.42. The summed E-state index contributed by atoms with van der Waals surface area (Å²) in [6.45, 7) is 2.20. The molecule has 0 saturated heterocycles. The Morgan fingerprint density at radius 1 is 1.33 bits per heavy atom. The highest BCUT2D eigenvalue weighted by molar-refractivity contribution is 7.17. The van der Waals surface area contributed by atoms with Gasteiger partial charge in [-0.05, 0) is 44.2 Å². The fraction of sp³-hybridized carbons (Fsp3) is 0.444. The average molecular weight is 391 g/mol. The summed E-state index contributed by atoms with van der Waals surface area (Å²) < 4.78 is 6.59. The van der Waals surface area contributed by atoms with E-state index in [0.29, 0.717) is 10.6 Å². The van der Waals surface area contributed by atoms with Crippen LogP contribution in [0.2, 0.25) is 0 Å². The van der Waals surface area contributed by atoms with Gasteiger partial charge in [0.05, 0.1) is 25.1 Å². The molecular formula is C18H21N3O5S. The topological polar surface area (TPSA) is 111 Å². The van der Waals surface area contributed by atoms with Crippen LogP contribution in [0.4, 0.5) is 5.00 Å². The molecule has 0 unspecified atom stereocenters. The van der Waals surface area contributed by atoms with Crippen molar-refractivity contribution in [3.8, 4) is 0 Å². The summed E-state index contributed by atoms with van der Waals surface area (Å²) in [5.74, 6) is -1.79. The summed E-state index contributed by atoms with van der Waals surface area (Å²) in [6.07, 6.45) is 5.26. The second kappa shape index (κ2) is 8.34. The van der Waals surface area contributed by atoms with Gasteiger partial charge < -0.3 is 15.2 Å². The van der Waals surface area contributed by atoms with E-state index in [1.807, 2.05) is 0 Å². The molecule has 1 aliphatic rings. The van der Waals surface area contributed by atoms with Gasteiger partial charge in [-0.15, -0.1) is 11.3 Å². The summed E-state index contributed by atoms with van der Waals surface area (Å²) in [5, 5.41) is 16.1. The second-order valence-corrected chi connectivity index (χ2v) is 7.30. The van der Waals surface area contributed by atoms with Crippen molar-refractivity contribution in [2.24, 2.45) is 0 Å². The molecule has 0 aliphatic heterocycles. The van der Waals surface area contributed by atoms with Gasteiger partial charge in [-0.25, -0.2) is 4.79 Å². The number of anilines is 1. The van der Waals surface area contributed by atoms with Crippen molar-refractivity contribution in [2.45, 2.75) is 45.6 Å². The molecule has 0 aromatic carbocycles. The minimum atomic E-state index is -0.931. The van der Waals surface area contributed by atoms with E-state index < -0.39 is 17.8 Å². The van der Waals surface area contributed by atoms with Gasteiger partial charge in [0.15, 0.2) is 5.69 Å². The van der Waals surface area contributed by atoms with Gasteiger partial charge in [0.2, 0.25) is 0 Å². The predicted molar refractivity (Wildman–Crippen MR) is 99.4 cm³/mol. The molecule has 1 aliphatic carbocycles. The van der Waals surface area contributed by atoms with Crippen LogP contribution < -0.4 is 5.32 Å². The van der Waals surface area contributed by atoms with Crippen molar-refractivity contribution < 1.29 is 24.2 Å². The Kier molecular flexibility index (Phi) is 5.90. The Bertz CT molecular complexity index is 870. The molecule has 0 fully saturated rings. The molecule has 2 N–H and O–H groups in total. The van der Waals surface area contributed by atoms with Crippen molar-refractivity contribution >= 4 is 34.2 Å². The van der Waals surface area contributed by atoms with Crippen molar-refractivity contribution in [2.75, 3.05) is 11.9 Å². The first-order valence-corrected chi connectivity index (χ1v) is 9.69. The van der Waals surface area contributed by atoms with E-state index in [-0.39, 0.29) is 25.3 Å². The second-order valence-electron chi connectivity index (χ2n) is 6.20. The Hall–Kier alpha value is -2.68. The maximum absolute atomic E-state index is 12.6. The molecule has 0 bridgehead atoms. The molecule has 0 saturated carbocycles. The third-order valence-corrected chi connectivity index (χ3v) is 5.51. The summed E-state index contributed by atoms with van der Waals surface area (Å²) in [7, 11) is 0. The maximum atomic E-state index is 12.6. The normalized spacial score (nSPS) is 13.1. The van der Waals surface area contributed by atoms with Gasteiger partial charge in [0.1, 0.15) is 5.00 Å². The third kappa shape index (κ3) is 4.36. The minimum Gasteiger partial charge on any atom is -0.481 e. The number of amides is 1. The summed E-state index contributed by atoms with van der Waals surface area (Å²) in [6, 6.07) is 1.52. The summed E-state index contributed by atoms with van der Waals surface area (Å²) in [5.41, 5.74) is 1.60. The lowest BCUT2D eigenvalue weighted by Gasteiger charge is -2.12. The number of aliphatic carboxylic acids is 1. The van der Waals surface area contributed by atoms with Gasteiger partial charge in [0.25, 0.3) is 5.91 Å². The number of aromatic nitrogens is 2. The minimum absolute atomic E-state index is 0.0760. The molecule has 1 amide bonds. The number of carboxylic acids is 1. The smallest absolute Gasteiger partial charge is 0.341 e. The number of esters is 1. The van der Waals surface area contributed by atoms with E-state index in [4.69, 9.17) is 9.84 Å². The molecule has 2 aromatic rings. The first kappa shape index (κ1) is 19.1. The number of thiophene rings is 1. The number of ether oxygens (including phenoxy) is 1. The Labute approximate surface area is 160 Å². The van der Waals surface area contributed by atoms with E-state index in [2.05, 4.69) is 10.4 Å². The Balaban J connectivity index is 1.80. The largest absolute Gasteiger partial charge is 0.481 e. The van der Waals surface area contributed by atoms with E-state index in [1.165, 1.54) is 22.1 Å². The zero-order valence-electron chi connectivity index (χ0n) is 15.0. The van der Waals surface area contributed by atoms with E-state index in [9.17, 15) is 14.4 Å². The highest BCUT2D eigenvalue weighted by Crippen LogP contribution is 2.38. The van der Waals surface area contributed by atoms with Crippen LogP contribution in [-0.2, 0) is 28.9 Å². The zero-order valence-corrected chi connectivity index (χ0v) is 15.8. The molecule has 9 heteroatoms. The van der Waals surface area contributed by atoms with Crippen molar-refractivity contribution in [1.82, 2.24) is 9.78 Å². The fourth-order valence-corrected chi connectivity index (χ4v) is 4.33. The van der Waals surface area contributed by atoms with Crippen LogP contribution in [0.5, 0.6) is 0 Å². The molecule has 27 heavy (non-hydrogen) atoms. The average Bonchev–Trinajstić information content (AvgIpc) is 3.24. The zero-order chi connectivity index (χ0) is 19.4. The number of fused-ring (bicyclic) bond motifs is 1. The number of aryl methyl sites for hydroxylation is 2. The maximum Gasteiger partial charge on any atom is 0.341 e. The van der Waals surface area contributed by atoms with Crippen LogP contribution in [0, 0.1) is 0 Å². The molecule has 3 rings (SSSR count). The highest BCUT2D eigenvalue weighted by atomic mass is 32.1. The van der Waals surface area contributed by atoms with Crippen molar-refractivity contribution in [3.05, 3.63) is 34.0 Å². The number of nitrogens with zero attached hydrogens (tertiary/aromatic N) is 2. The van der Waals surface area contributed by atoms with Crippen LogP contribution in [-0.4, -0.2) is 39.3 Å². The third-order valence-electron chi connectivity index (χ3n) is 4.31. The van der Waals surface area contributed by atoms with Crippen LogP contribution >= 0.6 is 11.3 Å². The standard InChI is InChI=1S/C18H21N3O5S/c1-2-26-18(25)15-11-5-3-4-6-13(11)27-17(15)19-16(24)12-7-9-21(20-12)10-8-14(22)23/h7,9H,2-6,8,10H2,1H3,(H,19,24)(H,22,23). The predicted octanol–water partition coefficient (Wildman–Crippen LogP) is 2.73. The van der Waals surface area contributed by atoms with Gasteiger partial charge in [-0.2, -0.15) is 5.10 Å². The molecule has 0 atom stereocenters. The first-order valence-electron chi connectivity index (χ1n) is 8.87. The molecule has 2 aromatic heterocycles. The lowest BCUT2D eigenvalue weighted by molar-refractivity contribution is -0.137. The Morgan fingerprint density at radius 2 is 2.11 bits per heavy atom. The van der Waals surface area contributed by atoms with E-state index >= 15 is 0 Å². The molecule has 8 nitrogen and oxygen atoms in total. The van der Waals surface area contributed by atoms with Crippen LogP contribution in [0.25, 0.3) is 0 Å². The summed E-state index contributed by atoms with van der Waals surface area (Å²) in [4.78, 5) is 36.7. The SMILES string of the molecule is CCOC(=O)c1c(NC(=O)c2ccn(CCC(=O)O)n2)sc2c1CCCC2. The van der Waals surface area contributed by atoms with Crippen molar-refractivity contribution in [3.63, 3.8) is 0 Å². The van der Waals surface area contributed by atoms with Crippen molar-refractivity contribution in [1.29, 1.82) is 0 Å². The van der Waals surface area contributed by atoms with Gasteiger partial charge >= 0.3 is 11.9 Å². The number of hydrogen-bond donors (Lipinski definition) is 2. The molecule has 144 valence electrons. The van der Waals surface area contributed by atoms with E-state index in [1.54, 1.807) is 13.1 Å². The monoisotopic (exact) mass is 391 g/mol. The number of carboxylic acid groups (broad SMARTS) is 1. The molecular weight excluding hydrogens is 370 g/mol. The van der Waals surface area contributed by atoms with Crippen LogP contribution in [0.3, 0.4) is 0 Å². The first-order chi connectivity index (χ1) is 13.0. The van der Waals surface area contributed by atoms with Crippen LogP contribution in [0.1, 0.15) is 57.5 Å². The molecule has 0 spiro atoms. The van der Waals surface area contributed by atoms with Gasteiger partial charge in [-0.1, -0.05) is 0 Å². The number of rotatable bonds is 7. The number of carbonyl (C=O) groups excluding carboxylic acids is 2. The fourth-order valence-electron chi connectivity index (χ4n) is 3.06. The number of hydrogen-bond acceptors (Lipinski definition) is 6. The molecule has 0 radical (unpaired) electrons. The Morgan fingerprint density at radius 3 is 2.85 bits per heavy atom. The van der Waals surface area contributed by atoms with Gasteiger partial charge in [0, 0.05) is 11.1 Å². The lowest BCUT2D eigenvalue weighted by Crippen LogP contribution is -2.16. The number of carbonyl (C=O) groups is 3. The lowest BCUT2D eigenvalue weighted by atomic mass is 9.95. The highest BCUT2D eigenvalue weighted by Gasteiger charge is 2.27. The van der Waals surface area contributed by atoms with E-state index in [0.717, 1.165) is 36.1 Å².